The van der Waals surface area contributed by atoms with E-state index in [0.717, 1.165) is 12.1 Å². The van der Waals surface area contributed by atoms with Crippen molar-refractivity contribution in [3.8, 4) is 0 Å². The van der Waals surface area contributed by atoms with E-state index in [4.69, 9.17) is 0 Å². The summed E-state index contributed by atoms with van der Waals surface area (Å²) in [4.78, 5) is 11.3. The quantitative estimate of drug-likeness (QED) is 0.624. The number of alkyl halides is 9. The first-order chi connectivity index (χ1) is 11.6. The summed E-state index contributed by atoms with van der Waals surface area (Å²) >= 11 is 0. The molecule has 0 radical (unpaired) electrons. The number of anilines is 1. The van der Waals surface area contributed by atoms with Gasteiger partial charge >= 0.3 is 29.9 Å². The predicted octanol–water partition coefficient (Wildman–Crippen LogP) is 5.61. The van der Waals surface area contributed by atoms with Gasteiger partial charge in [0, 0.05) is 5.69 Å². The number of hydrogen-bond donors (Lipinski definition) is 1. The van der Waals surface area contributed by atoms with E-state index in [2.05, 4.69) is 0 Å². The molecule has 0 fully saturated rings. The summed E-state index contributed by atoms with van der Waals surface area (Å²) in [5, 5.41) is 1.23. The second-order valence-electron chi connectivity index (χ2n) is 5.61. The second-order valence-corrected chi connectivity index (χ2v) is 5.61. The van der Waals surface area contributed by atoms with Crippen LogP contribution in [0.2, 0.25) is 0 Å². The van der Waals surface area contributed by atoms with Crippen molar-refractivity contribution < 1.29 is 44.3 Å². The van der Waals surface area contributed by atoms with Crippen molar-refractivity contribution in [2.45, 2.75) is 50.1 Å². The molecule has 0 spiro atoms. The molecule has 26 heavy (non-hydrogen) atoms. The molecular weight excluding hydrogens is 381 g/mol. The fourth-order valence-corrected chi connectivity index (χ4v) is 1.86. The van der Waals surface area contributed by atoms with Gasteiger partial charge in [0.1, 0.15) is 0 Å². The van der Waals surface area contributed by atoms with Crippen molar-refractivity contribution in [2.75, 3.05) is 5.32 Å². The summed E-state index contributed by atoms with van der Waals surface area (Å²) < 4.78 is 115. The van der Waals surface area contributed by atoms with Crippen LogP contribution in [0.1, 0.15) is 31.7 Å². The first-order valence-electron chi connectivity index (χ1n) is 7.21. The number of hydrogen-bond acceptors (Lipinski definition) is 1. The maximum absolute atomic E-state index is 13.4. The molecular formula is C15H14F9NO. The van der Waals surface area contributed by atoms with Crippen molar-refractivity contribution in [1.82, 2.24) is 0 Å². The lowest BCUT2D eigenvalue weighted by Crippen LogP contribution is -2.64. The molecule has 0 saturated carbocycles. The Hall–Kier alpha value is -1.94. The van der Waals surface area contributed by atoms with E-state index in [0.29, 0.717) is 12.0 Å². The van der Waals surface area contributed by atoms with Crippen molar-refractivity contribution in [3.05, 3.63) is 29.8 Å². The molecule has 1 N–H and O–H groups in total. The van der Waals surface area contributed by atoms with Gasteiger partial charge in [0.05, 0.1) is 0 Å². The van der Waals surface area contributed by atoms with Crippen LogP contribution in [0.3, 0.4) is 0 Å². The van der Waals surface area contributed by atoms with Crippen LogP contribution in [0, 0.1) is 0 Å². The summed E-state index contributed by atoms with van der Waals surface area (Å²) in [5.74, 6) is -23.3. The Balaban J connectivity index is 3.07. The van der Waals surface area contributed by atoms with Crippen molar-refractivity contribution >= 4 is 11.6 Å². The van der Waals surface area contributed by atoms with E-state index < -0.39 is 35.5 Å². The van der Waals surface area contributed by atoms with E-state index in [1.54, 1.807) is 0 Å². The molecule has 148 valence electrons. The molecule has 0 aromatic heterocycles. The fraction of sp³-hybridized carbons (Fsp3) is 0.533. The topological polar surface area (TPSA) is 29.1 Å². The molecule has 0 heterocycles. The molecule has 1 amide bonds. The standard InChI is InChI=1S/C15H14F9NO/c1-3-8(2)9-4-6-10(7-5-9)25-11(26)12(16,17)13(18,19)14(20,21)15(22,23)24/h4-8H,3H2,1-2H3,(H,25,26)/t8-/m1/s1. The van der Waals surface area contributed by atoms with Crippen LogP contribution in [0.15, 0.2) is 24.3 Å². The molecule has 0 bridgehead atoms. The van der Waals surface area contributed by atoms with Gasteiger partial charge in [-0.2, -0.15) is 39.5 Å². The molecule has 0 unspecified atom stereocenters. The van der Waals surface area contributed by atoms with Gasteiger partial charge in [-0.25, -0.2) is 0 Å². The van der Waals surface area contributed by atoms with Crippen LogP contribution < -0.4 is 5.32 Å². The van der Waals surface area contributed by atoms with Gasteiger partial charge < -0.3 is 5.32 Å². The zero-order chi connectivity index (χ0) is 20.6. The Labute approximate surface area is 142 Å². The number of halogens is 9. The Morgan fingerprint density at radius 3 is 1.77 bits per heavy atom. The zero-order valence-corrected chi connectivity index (χ0v) is 13.4. The third kappa shape index (κ3) is 3.75. The fourth-order valence-electron chi connectivity index (χ4n) is 1.86. The summed E-state index contributed by atoms with van der Waals surface area (Å²) in [6, 6.07) is 4.81. The average Bonchev–Trinajstić information content (AvgIpc) is 2.53. The summed E-state index contributed by atoms with van der Waals surface area (Å²) in [6.45, 7) is 3.67. The van der Waals surface area contributed by atoms with Crippen molar-refractivity contribution in [1.29, 1.82) is 0 Å². The number of amides is 1. The molecule has 2 nitrogen and oxygen atoms in total. The lowest BCUT2D eigenvalue weighted by molar-refractivity contribution is -0.388. The number of carbonyl (C=O) groups is 1. The molecule has 1 aromatic rings. The Morgan fingerprint density at radius 1 is 0.923 bits per heavy atom. The van der Waals surface area contributed by atoms with Crippen LogP contribution >= 0.6 is 0 Å². The minimum atomic E-state index is -7.11. The van der Waals surface area contributed by atoms with E-state index >= 15 is 0 Å². The van der Waals surface area contributed by atoms with E-state index in [-0.39, 0.29) is 5.92 Å². The summed E-state index contributed by atoms with van der Waals surface area (Å²) in [5.41, 5.74) is 0.249. The molecule has 0 aliphatic carbocycles. The third-order valence-corrected chi connectivity index (χ3v) is 3.78. The highest BCUT2D eigenvalue weighted by Crippen LogP contribution is 2.53. The highest BCUT2D eigenvalue weighted by molar-refractivity contribution is 5.97. The lowest BCUT2D eigenvalue weighted by atomic mass is 9.98. The highest BCUT2D eigenvalue weighted by Gasteiger charge is 2.83. The van der Waals surface area contributed by atoms with Crippen LogP contribution in [-0.4, -0.2) is 29.9 Å². The zero-order valence-electron chi connectivity index (χ0n) is 13.4. The Kier molecular flexibility index (Phi) is 5.94. The number of carbonyl (C=O) groups excluding carboxylic acids is 1. The normalized spacial score (nSPS) is 14.9. The highest BCUT2D eigenvalue weighted by atomic mass is 19.4. The number of nitrogens with one attached hydrogen (secondary N) is 1. The van der Waals surface area contributed by atoms with E-state index in [1.807, 2.05) is 13.8 Å². The Bertz CT molecular complexity index is 638. The lowest BCUT2D eigenvalue weighted by Gasteiger charge is -2.32. The van der Waals surface area contributed by atoms with Gasteiger partial charge in [0.2, 0.25) is 0 Å². The average molecular weight is 395 g/mol. The Morgan fingerprint density at radius 2 is 1.38 bits per heavy atom. The summed E-state index contributed by atoms with van der Waals surface area (Å²) in [7, 11) is 0. The summed E-state index contributed by atoms with van der Waals surface area (Å²) in [6.07, 6.45) is -6.26. The van der Waals surface area contributed by atoms with Gasteiger partial charge in [0.15, 0.2) is 0 Å². The van der Waals surface area contributed by atoms with Gasteiger partial charge in [-0.3, -0.25) is 4.79 Å². The van der Waals surface area contributed by atoms with E-state index in [9.17, 15) is 44.3 Å². The number of benzene rings is 1. The molecule has 1 rings (SSSR count). The van der Waals surface area contributed by atoms with Crippen molar-refractivity contribution in [3.63, 3.8) is 0 Å². The minimum Gasteiger partial charge on any atom is -0.321 e. The molecule has 0 aliphatic heterocycles. The van der Waals surface area contributed by atoms with Crippen LogP contribution in [0.4, 0.5) is 45.2 Å². The maximum atomic E-state index is 13.4. The van der Waals surface area contributed by atoms with E-state index in [1.165, 1.54) is 17.4 Å². The number of rotatable bonds is 6. The molecule has 11 heteroatoms. The van der Waals surface area contributed by atoms with Gasteiger partial charge in [-0.05, 0) is 30.0 Å². The van der Waals surface area contributed by atoms with Crippen molar-refractivity contribution in [2.24, 2.45) is 0 Å². The smallest absolute Gasteiger partial charge is 0.321 e. The van der Waals surface area contributed by atoms with Gasteiger partial charge in [-0.1, -0.05) is 26.0 Å². The van der Waals surface area contributed by atoms with Crippen LogP contribution in [0.5, 0.6) is 0 Å². The third-order valence-electron chi connectivity index (χ3n) is 3.78. The maximum Gasteiger partial charge on any atom is 0.460 e. The molecule has 1 atom stereocenters. The first kappa shape index (κ1) is 22.1. The predicted molar refractivity (Wildman–Crippen MR) is 74.7 cm³/mol. The monoisotopic (exact) mass is 395 g/mol. The largest absolute Gasteiger partial charge is 0.460 e. The van der Waals surface area contributed by atoms with Gasteiger partial charge in [-0.15, -0.1) is 0 Å². The molecule has 1 aromatic carbocycles. The van der Waals surface area contributed by atoms with Crippen LogP contribution in [0.25, 0.3) is 0 Å². The minimum absolute atomic E-state index is 0.0519. The second kappa shape index (κ2) is 6.99. The SMILES string of the molecule is CC[C@@H](C)c1ccc(NC(=O)C(F)(F)C(F)(F)C(F)(F)C(F)(F)F)cc1. The van der Waals surface area contributed by atoms with Crippen LogP contribution in [-0.2, 0) is 4.79 Å². The first-order valence-corrected chi connectivity index (χ1v) is 7.21. The molecule has 0 aliphatic rings. The van der Waals surface area contributed by atoms with Gasteiger partial charge in [0.25, 0.3) is 0 Å². The molecule has 0 saturated heterocycles.